The number of carbonyl (C=O) groups excluding carboxylic acids is 1. The monoisotopic (exact) mass is 449 g/mol. The lowest BCUT2D eigenvalue weighted by atomic mass is 9.86. The Bertz CT molecular complexity index is 1390. The molecule has 2 heterocycles. The molecule has 0 aliphatic rings. The molecule has 0 saturated heterocycles. The number of nitrogens with zero attached hydrogens (tertiary/aromatic N) is 2. The summed E-state index contributed by atoms with van der Waals surface area (Å²) in [7, 11) is 0. The third kappa shape index (κ3) is 4.44. The minimum atomic E-state index is -0.669. The number of halogens is 1. The summed E-state index contributed by atoms with van der Waals surface area (Å²) in [6.07, 6.45) is 1.50. The number of rotatable bonds is 3. The fourth-order valence-electron chi connectivity index (χ4n) is 3.57. The number of fused-ring (bicyclic) bond motifs is 1. The van der Waals surface area contributed by atoms with E-state index in [1.165, 1.54) is 23.0 Å². The van der Waals surface area contributed by atoms with E-state index < -0.39 is 17.3 Å². The van der Waals surface area contributed by atoms with E-state index in [2.05, 4.69) is 5.10 Å². The highest BCUT2D eigenvalue weighted by Gasteiger charge is 2.20. The second-order valence-electron chi connectivity index (χ2n) is 8.51. The molecule has 172 valence electrons. The Morgan fingerprint density at radius 1 is 1.12 bits per heavy atom. The molecule has 4 rings (SSSR count). The summed E-state index contributed by atoms with van der Waals surface area (Å²) in [6.45, 7) is 11.7. The second-order valence-corrected chi connectivity index (χ2v) is 8.51. The number of aromatic nitrogens is 2. The highest BCUT2D eigenvalue weighted by Crippen LogP contribution is 2.30. The summed E-state index contributed by atoms with van der Waals surface area (Å²) < 4.78 is 21.7. The van der Waals surface area contributed by atoms with Gasteiger partial charge in [-0.3, -0.25) is 9.59 Å². The van der Waals surface area contributed by atoms with Crippen molar-refractivity contribution in [2.75, 3.05) is 0 Å². The van der Waals surface area contributed by atoms with Crippen LogP contribution >= 0.6 is 0 Å². The van der Waals surface area contributed by atoms with Crippen LogP contribution in [0.15, 0.2) is 57.9 Å². The number of nitrogens with two attached hydrogens (primary N) is 1. The van der Waals surface area contributed by atoms with Crippen LogP contribution in [0.5, 0.6) is 0 Å². The maximum absolute atomic E-state index is 15.0. The van der Waals surface area contributed by atoms with Crippen molar-refractivity contribution in [3.05, 3.63) is 81.7 Å². The van der Waals surface area contributed by atoms with Gasteiger partial charge in [-0.05, 0) is 53.8 Å². The fourth-order valence-corrected chi connectivity index (χ4v) is 3.57. The van der Waals surface area contributed by atoms with Crippen LogP contribution in [0, 0.1) is 12.7 Å². The van der Waals surface area contributed by atoms with Gasteiger partial charge in [-0.1, -0.05) is 46.8 Å². The quantitative estimate of drug-likeness (QED) is 0.446. The number of furan rings is 1. The lowest BCUT2D eigenvalue weighted by Gasteiger charge is -2.20. The molecule has 0 spiro atoms. The van der Waals surface area contributed by atoms with Crippen molar-refractivity contribution in [2.45, 2.75) is 47.0 Å². The second kappa shape index (κ2) is 9.02. The summed E-state index contributed by atoms with van der Waals surface area (Å²) in [6, 6.07) is 11.6. The normalized spacial score (nSPS) is 11.2. The van der Waals surface area contributed by atoms with Crippen LogP contribution in [0.25, 0.3) is 27.8 Å². The first-order valence-corrected chi connectivity index (χ1v) is 10.8. The molecular weight excluding hydrogens is 421 g/mol. The highest BCUT2D eigenvalue weighted by atomic mass is 19.1. The van der Waals surface area contributed by atoms with Gasteiger partial charge in [0.15, 0.2) is 5.76 Å². The molecule has 2 aromatic heterocycles. The average Bonchev–Trinajstić information content (AvgIpc) is 3.25. The topological polar surface area (TPSA) is 91.1 Å². The van der Waals surface area contributed by atoms with Crippen LogP contribution in [-0.4, -0.2) is 15.7 Å². The van der Waals surface area contributed by atoms with Gasteiger partial charge in [0, 0.05) is 10.9 Å². The Balaban J connectivity index is 0.00000149. The number of benzene rings is 2. The average molecular weight is 450 g/mol. The smallest absolute Gasteiger partial charge is 0.284 e. The van der Waals surface area contributed by atoms with Crippen LogP contribution in [0.1, 0.15) is 56.3 Å². The maximum Gasteiger partial charge on any atom is 0.284 e. The van der Waals surface area contributed by atoms with Crippen molar-refractivity contribution in [3.8, 4) is 17.0 Å². The standard InChI is InChI=1S/C24H22FN3O3.C2H6/c1-13-16(19-8-9-20(31-19)22(26)29)6-5-7-18(13)28-23(30)21-14(12-27-28)10-15(11-17(21)25)24(2,3)4;1-2/h5-12H,1-4H3,(H2,26,29);1-2H3. The molecule has 0 unspecified atom stereocenters. The van der Waals surface area contributed by atoms with Gasteiger partial charge in [0.05, 0.1) is 17.3 Å². The molecule has 0 saturated carbocycles. The van der Waals surface area contributed by atoms with Crippen molar-refractivity contribution in [1.29, 1.82) is 0 Å². The van der Waals surface area contributed by atoms with Gasteiger partial charge in [-0.15, -0.1) is 0 Å². The summed E-state index contributed by atoms with van der Waals surface area (Å²) in [5.41, 5.74) is 7.09. The van der Waals surface area contributed by atoms with Crippen molar-refractivity contribution in [1.82, 2.24) is 9.78 Å². The first kappa shape index (κ1) is 23.9. The van der Waals surface area contributed by atoms with Crippen molar-refractivity contribution in [2.24, 2.45) is 5.73 Å². The molecule has 0 aliphatic carbocycles. The Labute approximate surface area is 191 Å². The van der Waals surface area contributed by atoms with Crippen molar-refractivity contribution in [3.63, 3.8) is 0 Å². The zero-order valence-corrected chi connectivity index (χ0v) is 19.7. The minimum Gasteiger partial charge on any atom is -0.451 e. The lowest BCUT2D eigenvalue weighted by Crippen LogP contribution is -2.23. The fraction of sp³-hybridized carbons (Fsp3) is 0.269. The largest absolute Gasteiger partial charge is 0.451 e. The number of amides is 1. The molecule has 0 atom stereocenters. The van der Waals surface area contributed by atoms with Gasteiger partial charge in [0.25, 0.3) is 11.5 Å². The zero-order valence-electron chi connectivity index (χ0n) is 19.7. The summed E-state index contributed by atoms with van der Waals surface area (Å²) in [5, 5.41) is 4.75. The van der Waals surface area contributed by atoms with E-state index in [1.54, 1.807) is 37.3 Å². The van der Waals surface area contributed by atoms with Gasteiger partial charge in [-0.25, -0.2) is 4.39 Å². The Morgan fingerprint density at radius 2 is 1.82 bits per heavy atom. The molecule has 33 heavy (non-hydrogen) atoms. The summed E-state index contributed by atoms with van der Waals surface area (Å²) in [5.74, 6) is -0.771. The zero-order chi connectivity index (χ0) is 24.5. The van der Waals surface area contributed by atoms with Gasteiger partial charge in [-0.2, -0.15) is 9.78 Å². The van der Waals surface area contributed by atoms with E-state index in [9.17, 15) is 14.0 Å². The third-order valence-corrected chi connectivity index (χ3v) is 5.35. The first-order valence-electron chi connectivity index (χ1n) is 10.8. The molecule has 6 nitrogen and oxygen atoms in total. The summed E-state index contributed by atoms with van der Waals surface area (Å²) >= 11 is 0. The van der Waals surface area contributed by atoms with Crippen molar-refractivity contribution >= 4 is 16.7 Å². The molecular formula is C26H28FN3O3. The molecule has 0 fully saturated rings. The predicted octanol–water partition coefficient (Wildman–Crippen LogP) is 5.52. The van der Waals surface area contributed by atoms with Gasteiger partial charge >= 0.3 is 0 Å². The molecule has 0 bridgehead atoms. The molecule has 2 N–H and O–H groups in total. The van der Waals surface area contributed by atoms with Gasteiger partial charge < -0.3 is 10.2 Å². The molecule has 7 heteroatoms. The van der Waals surface area contributed by atoms with E-state index in [4.69, 9.17) is 10.2 Å². The van der Waals surface area contributed by atoms with E-state index in [-0.39, 0.29) is 16.6 Å². The molecule has 0 aliphatic heterocycles. The highest BCUT2D eigenvalue weighted by molar-refractivity contribution is 5.90. The van der Waals surface area contributed by atoms with Crippen molar-refractivity contribution < 1.29 is 13.6 Å². The number of hydrogen-bond donors (Lipinski definition) is 1. The molecule has 2 aromatic carbocycles. The molecule has 1 amide bonds. The predicted molar refractivity (Wildman–Crippen MR) is 128 cm³/mol. The van der Waals surface area contributed by atoms with Crippen LogP contribution in [0.4, 0.5) is 4.39 Å². The van der Waals surface area contributed by atoms with Gasteiger partial charge in [0.2, 0.25) is 0 Å². The number of carbonyl (C=O) groups is 1. The van der Waals surface area contributed by atoms with Crippen LogP contribution in [0.3, 0.4) is 0 Å². The number of hydrogen-bond acceptors (Lipinski definition) is 4. The Hall–Kier alpha value is -3.74. The number of primary amides is 1. The molecule has 0 radical (unpaired) electrons. The Kier molecular flexibility index (Phi) is 6.53. The minimum absolute atomic E-state index is 0.0122. The summed E-state index contributed by atoms with van der Waals surface area (Å²) in [4.78, 5) is 24.5. The van der Waals surface area contributed by atoms with Crippen LogP contribution < -0.4 is 11.3 Å². The lowest BCUT2D eigenvalue weighted by molar-refractivity contribution is 0.0974. The van der Waals surface area contributed by atoms with E-state index in [0.717, 1.165) is 5.56 Å². The third-order valence-electron chi connectivity index (χ3n) is 5.35. The maximum atomic E-state index is 15.0. The van der Waals surface area contributed by atoms with Gasteiger partial charge in [0.1, 0.15) is 11.6 Å². The SMILES string of the molecule is CC.Cc1c(-c2ccc(C(N)=O)o2)cccc1-n1ncc2cc(C(C)(C)C)cc(F)c2c1=O. The first-order chi connectivity index (χ1) is 15.6. The molecule has 4 aromatic rings. The van der Waals surface area contributed by atoms with E-state index >= 15 is 0 Å². The van der Waals surface area contributed by atoms with Crippen LogP contribution in [-0.2, 0) is 5.41 Å². The van der Waals surface area contributed by atoms with E-state index in [1.807, 2.05) is 34.6 Å². The van der Waals surface area contributed by atoms with Crippen LogP contribution in [0.2, 0.25) is 0 Å². The van der Waals surface area contributed by atoms with E-state index in [0.29, 0.717) is 28.0 Å². The Morgan fingerprint density at radius 3 is 2.42 bits per heavy atom.